The van der Waals surface area contributed by atoms with Gasteiger partial charge in [0.1, 0.15) is 0 Å². The highest BCUT2D eigenvalue weighted by Crippen LogP contribution is 2.24. The Kier molecular flexibility index (Phi) is 3.39. The number of carbonyl (C=O) groups excluding carboxylic acids is 1. The second-order valence-electron chi connectivity index (χ2n) is 4.65. The molecule has 2 rings (SSSR count). The van der Waals surface area contributed by atoms with Gasteiger partial charge < -0.3 is 15.6 Å². The SMILES string of the molecule is Cc1c(CNC(C)C(N)=O)n(C)c2ccccc12. The Hall–Kier alpha value is -1.81. The third-order valence-corrected chi connectivity index (χ3v) is 3.51. The van der Waals surface area contributed by atoms with Gasteiger partial charge in [0.25, 0.3) is 0 Å². The van der Waals surface area contributed by atoms with E-state index in [0.29, 0.717) is 6.54 Å². The summed E-state index contributed by atoms with van der Waals surface area (Å²) in [5.74, 6) is -0.327. The van der Waals surface area contributed by atoms with E-state index in [-0.39, 0.29) is 11.9 Å². The Balaban J connectivity index is 2.31. The van der Waals surface area contributed by atoms with Crippen LogP contribution in [0.5, 0.6) is 0 Å². The summed E-state index contributed by atoms with van der Waals surface area (Å²) in [6.07, 6.45) is 0. The number of rotatable bonds is 4. The smallest absolute Gasteiger partial charge is 0.234 e. The van der Waals surface area contributed by atoms with Gasteiger partial charge in [0.2, 0.25) is 5.91 Å². The fourth-order valence-corrected chi connectivity index (χ4v) is 2.24. The number of fused-ring (bicyclic) bond motifs is 1. The van der Waals surface area contributed by atoms with E-state index in [2.05, 4.69) is 28.9 Å². The molecule has 0 saturated carbocycles. The molecule has 1 heterocycles. The maximum Gasteiger partial charge on any atom is 0.234 e. The first-order valence-electron chi connectivity index (χ1n) is 6.08. The van der Waals surface area contributed by atoms with Crippen molar-refractivity contribution in [2.75, 3.05) is 0 Å². The lowest BCUT2D eigenvalue weighted by Crippen LogP contribution is -2.38. The number of nitrogens with one attached hydrogen (secondary N) is 1. The van der Waals surface area contributed by atoms with Crippen LogP contribution in [0.3, 0.4) is 0 Å². The van der Waals surface area contributed by atoms with Gasteiger partial charge in [0.05, 0.1) is 6.04 Å². The molecule has 0 spiro atoms. The van der Waals surface area contributed by atoms with E-state index in [9.17, 15) is 4.79 Å². The molecule has 0 aliphatic rings. The van der Waals surface area contributed by atoms with Crippen LogP contribution >= 0.6 is 0 Å². The summed E-state index contributed by atoms with van der Waals surface area (Å²) in [6, 6.07) is 7.97. The Morgan fingerprint density at radius 3 is 2.72 bits per heavy atom. The van der Waals surface area contributed by atoms with E-state index in [1.807, 2.05) is 19.2 Å². The topological polar surface area (TPSA) is 60.0 Å². The lowest BCUT2D eigenvalue weighted by molar-refractivity contribution is -0.119. The third-order valence-electron chi connectivity index (χ3n) is 3.51. The summed E-state index contributed by atoms with van der Waals surface area (Å²) in [5, 5.41) is 4.40. The highest BCUT2D eigenvalue weighted by molar-refractivity contribution is 5.85. The number of hydrogen-bond donors (Lipinski definition) is 2. The molecule has 1 unspecified atom stereocenters. The Morgan fingerprint density at radius 1 is 1.44 bits per heavy atom. The van der Waals surface area contributed by atoms with Gasteiger partial charge in [-0.25, -0.2) is 0 Å². The standard InChI is InChI=1S/C14H19N3O/c1-9-11-6-4-5-7-12(11)17(3)13(9)8-16-10(2)14(15)18/h4-7,10,16H,8H2,1-3H3,(H2,15,18). The number of amides is 1. The number of aromatic nitrogens is 1. The Bertz CT molecular complexity index is 547. The molecule has 1 amide bonds. The number of primary amides is 1. The van der Waals surface area contributed by atoms with Crippen molar-refractivity contribution in [3.8, 4) is 0 Å². The minimum atomic E-state index is -0.327. The van der Waals surface area contributed by atoms with Crippen LogP contribution in [-0.2, 0) is 18.4 Å². The number of nitrogens with two attached hydrogens (primary N) is 1. The molecule has 96 valence electrons. The molecule has 0 fully saturated rings. The lowest BCUT2D eigenvalue weighted by atomic mass is 10.1. The van der Waals surface area contributed by atoms with Crippen LogP contribution in [0, 0.1) is 6.92 Å². The van der Waals surface area contributed by atoms with Gasteiger partial charge >= 0.3 is 0 Å². The lowest BCUT2D eigenvalue weighted by Gasteiger charge is -2.11. The van der Waals surface area contributed by atoms with Crippen molar-refractivity contribution in [1.82, 2.24) is 9.88 Å². The molecule has 0 saturated heterocycles. The van der Waals surface area contributed by atoms with Gasteiger partial charge in [0.15, 0.2) is 0 Å². The molecule has 0 aliphatic carbocycles. The molecule has 0 bridgehead atoms. The number of nitrogens with zero attached hydrogens (tertiary/aromatic N) is 1. The molecule has 2 aromatic rings. The van der Waals surface area contributed by atoms with Crippen LogP contribution in [-0.4, -0.2) is 16.5 Å². The van der Waals surface area contributed by atoms with E-state index in [1.54, 1.807) is 6.92 Å². The molecule has 18 heavy (non-hydrogen) atoms. The zero-order valence-corrected chi connectivity index (χ0v) is 11.0. The van der Waals surface area contributed by atoms with Gasteiger partial charge in [-0.05, 0) is 25.5 Å². The average Bonchev–Trinajstić information content (AvgIpc) is 2.60. The maximum absolute atomic E-state index is 11.0. The van der Waals surface area contributed by atoms with Gasteiger partial charge in [-0.1, -0.05) is 18.2 Å². The minimum Gasteiger partial charge on any atom is -0.368 e. The predicted octanol–water partition coefficient (Wildman–Crippen LogP) is 1.45. The van der Waals surface area contributed by atoms with E-state index in [0.717, 1.165) is 0 Å². The highest BCUT2D eigenvalue weighted by atomic mass is 16.1. The predicted molar refractivity (Wildman–Crippen MR) is 73.2 cm³/mol. The summed E-state index contributed by atoms with van der Waals surface area (Å²) >= 11 is 0. The quantitative estimate of drug-likeness (QED) is 0.856. The zero-order valence-electron chi connectivity index (χ0n) is 11.0. The van der Waals surface area contributed by atoms with E-state index < -0.39 is 0 Å². The normalized spacial score (nSPS) is 12.8. The zero-order chi connectivity index (χ0) is 13.3. The second kappa shape index (κ2) is 4.82. The Morgan fingerprint density at radius 2 is 2.11 bits per heavy atom. The first-order chi connectivity index (χ1) is 8.52. The van der Waals surface area contributed by atoms with E-state index in [4.69, 9.17) is 5.73 Å². The van der Waals surface area contributed by atoms with Crippen molar-refractivity contribution in [2.24, 2.45) is 12.8 Å². The van der Waals surface area contributed by atoms with Crippen molar-refractivity contribution < 1.29 is 4.79 Å². The third kappa shape index (κ3) is 2.11. The van der Waals surface area contributed by atoms with Crippen molar-refractivity contribution >= 4 is 16.8 Å². The number of hydrogen-bond acceptors (Lipinski definition) is 2. The molecule has 0 radical (unpaired) electrons. The molecule has 3 N–H and O–H groups in total. The van der Waals surface area contributed by atoms with Crippen LogP contribution in [0.4, 0.5) is 0 Å². The van der Waals surface area contributed by atoms with Gasteiger partial charge in [-0.3, -0.25) is 4.79 Å². The van der Waals surface area contributed by atoms with Crippen LogP contribution in [0.25, 0.3) is 10.9 Å². The molecule has 4 nitrogen and oxygen atoms in total. The minimum absolute atomic E-state index is 0.317. The summed E-state index contributed by atoms with van der Waals surface area (Å²) in [5.41, 5.74) is 8.88. The fraction of sp³-hybridized carbons (Fsp3) is 0.357. The second-order valence-corrected chi connectivity index (χ2v) is 4.65. The summed E-state index contributed by atoms with van der Waals surface area (Å²) in [6.45, 7) is 4.52. The number of carbonyl (C=O) groups is 1. The van der Waals surface area contributed by atoms with Gasteiger partial charge in [-0.2, -0.15) is 0 Å². The van der Waals surface area contributed by atoms with Gasteiger partial charge in [0, 0.05) is 30.2 Å². The summed E-state index contributed by atoms with van der Waals surface area (Å²) < 4.78 is 2.16. The van der Waals surface area contributed by atoms with E-state index in [1.165, 1.54) is 22.2 Å². The average molecular weight is 245 g/mol. The van der Waals surface area contributed by atoms with Crippen LogP contribution < -0.4 is 11.1 Å². The molecule has 1 atom stereocenters. The van der Waals surface area contributed by atoms with Crippen molar-refractivity contribution in [1.29, 1.82) is 0 Å². The fourth-order valence-electron chi connectivity index (χ4n) is 2.24. The molecule has 1 aromatic heterocycles. The molecule has 1 aromatic carbocycles. The van der Waals surface area contributed by atoms with Crippen molar-refractivity contribution in [3.63, 3.8) is 0 Å². The van der Waals surface area contributed by atoms with Gasteiger partial charge in [-0.15, -0.1) is 0 Å². The molecular formula is C14H19N3O. The van der Waals surface area contributed by atoms with E-state index >= 15 is 0 Å². The molecule has 4 heteroatoms. The van der Waals surface area contributed by atoms with Crippen LogP contribution in [0.15, 0.2) is 24.3 Å². The largest absolute Gasteiger partial charge is 0.368 e. The summed E-state index contributed by atoms with van der Waals surface area (Å²) in [7, 11) is 2.04. The molecular weight excluding hydrogens is 226 g/mol. The maximum atomic E-state index is 11.0. The van der Waals surface area contributed by atoms with Crippen LogP contribution in [0.2, 0.25) is 0 Å². The highest BCUT2D eigenvalue weighted by Gasteiger charge is 2.13. The Labute approximate surface area is 107 Å². The first kappa shape index (κ1) is 12.6. The first-order valence-corrected chi connectivity index (χ1v) is 6.08. The number of para-hydroxylation sites is 1. The van der Waals surface area contributed by atoms with Crippen molar-refractivity contribution in [3.05, 3.63) is 35.5 Å². The number of benzene rings is 1. The molecule has 0 aliphatic heterocycles. The number of aryl methyl sites for hydroxylation is 2. The monoisotopic (exact) mass is 245 g/mol. The summed E-state index contributed by atoms with van der Waals surface area (Å²) in [4.78, 5) is 11.0. The van der Waals surface area contributed by atoms with Crippen molar-refractivity contribution in [2.45, 2.75) is 26.4 Å². The van der Waals surface area contributed by atoms with Crippen LogP contribution in [0.1, 0.15) is 18.2 Å².